The largest absolute Gasteiger partial charge is 0.472 e. The number of nitrogens with zero attached hydrogens (tertiary/aromatic N) is 1. The fraction of sp³-hybridized carbons (Fsp3) is 0.925. The molecule has 2 atom stereocenters. The minimum absolute atomic E-state index is 0.0360. The average Bonchev–Trinajstić information content (AvgIpc) is 3.58. The summed E-state index contributed by atoms with van der Waals surface area (Å²) >= 11 is 0. The van der Waals surface area contributed by atoms with Crippen molar-refractivity contribution in [2.75, 3.05) is 47.5 Å². The van der Waals surface area contributed by atoms with E-state index in [1.54, 1.807) is 0 Å². The number of phosphoric acid groups is 1. The molecule has 0 aliphatic heterocycles. The molecule has 0 aliphatic carbocycles. The Kier molecular flexibility index (Phi) is 70.6. The lowest BCUT2D eigenvalue weighted by atomic mass is 10.0. The molecule has 0 aromatic carbocycles. The standard InChI is InChI=1S/C80H156NO8P/c1-6-8-10-12-14-16-18-20-22-24-26-28-30-32-34-36-37-38-39-40-41-42-43-45-47-49-51-53-55-57-59-61-63-65-67-69-71-73-80(83)89-78(77-88-90(84,85)87-75-74-81(3,4)5)76-86-79(82)72-70-68-66-64-62-60-58-56-54-52-50-48-46-44-35-33-31-29-27-25-23-21-19-17-15-13-11-9-7-2/h24-27,78H,6-23,28-77H2,1-5H3/p+1/b26-24-,27-25-. The van der Waals surface area contributed by atoms with Gasteiger partial charge in [0.2, 0.25) is 0 Å². The number of ether oxygens (including phenoxy) is 2. The number of phosphoric ester groups is 1. The van der Waals surface area contributed by atoms with Crippen LogP contribution in [0.5, 0.6) is 0 Å². The molecule has 0 radical (unpaired) electrons. The number of unbranched alkanes of at least 4 members (excludes halogenated alkanes) is 58. The zero-order chi connectivity index (χ0) is 65.5. The third kappa shape index (κ3) is 75.5. The highest BCUT2D eigenvalue weighted by molar-refractivity contribution is 7.47. The lowest BCUT2D eigenvalue weighted by Crippen LogP contribution is -2.37. The van der Waals surface area contributed by atoms with E-state index in [2.05, 4.69) is 38.2 Å². The second kappa shape index (κ2) is 71.8. The first kappa shape index (κ1) is 88.5. The molecule has 0 rings (SSSR count). The van der Waals surface area contributed by atoms with Gasteiger partial charge in [-0.1, -0.05) is 372 Å². The van der Waals surface area contributed by atoms with Gasteiger partial charge in [0.05, 0.1) is 27.7 Å². The molecule has 0 bridgehead atoms. The van der Waals surface area contributed by atoms with E-state index in [4.69, 9.17) is 18.5 Å². The maximum Gasteiger partial charge on any atom is 0.472 e. The summed E-state index contributed by atoms with van der Waals surface area (Å²) in [5.74, 6) is -0.770. The fourth-order valence-electron chi connectivity index (χ4n) is 12.3. The number of carbonyl (C=O) groups is 2. The van der Waals surface area contributed by atoms with Gasteiger partial charge in [-0.05, 0) is 64.2 Å². The first-order chi connectivity index (χ1) is 44.0. The van der Waals surface area contributed by atoms with Crippen LogP contribution in [-0.4, -0.2) is 74.9 Å². The van der Waals surface area contributed by atoms with Gasteiger partial charge < -0.3 is 18.9 Å². The molecule has 0 amide bonds. The van der Waals surface area contributed by atoms with E-state index in [1.165, 1.54) is 360 Å². The van der Waals surface area contributed by atoms with Crippen LogP contribution in [0.25, 0.3) is 0 Å². The molecule has 0 aromatic heterocycles. The third-order valence-corrected chi connectivity index (χ3v) is 19.4. The summed E-state index contributed by atoms with van der Waals surface area (Å²) in [5, 5.41) is 0. The molecule has 9 nitrogen and oxygen atoms in total. The molecule has 0 heterocycles. The van der Waals surface area contributed by atoms with Crippen LogP contribution >= 0.6 is 7.82 Å². The molecule has 0 fully saturated rings. The third-order valence-electron chi connectivity index (χ3n) is 18.5. The molecular formula is C80H157NO8P+. The summed E-state index contributed by atoms with van der Waals surface area (Å²) in [6.07, 6.45) is 91.9. The van der Waals surface area contributed by atoms with E-state index < -0.39 is 26.5 Å². The van der Waals surface area contributed by atoms with Crippen molar-refractivity contribution >= 4 is 19.8 Å². The Morgan fingerprint density at radius 1 is 0.333 bits per heavy atom. The Hall–Kier alpha value is -1.51. The van der Waals surface area contributed by atoms with Gasteiger partial charge in [-0.15, -0.1) is 0 Å². The Bertz CT molecular complexity index is 1560. The van der Waals surface area contributed by atoms with E-state index in [9.17, 15) is 19.0 Å². The summed E-state index contributed by atoms with van der Waals surface area (Å²) < 4.78 is 34.8. The Labute approximate surface area is 561 Å². The minimum Gasteiger partial charge on any atom is -0.462 e. The van der Waals surface area contributed by atoms with Gasteiger partial charge >= 0.3 is 19.8 Å². The van der Waals surface area contributed by atoms with E-state index >= 15 is 0 Å². The Balaban J connectivity index is 3.90. The van der Waals surface area contributed by atoms with Crippen molar-refractivity contribution in [3.8, 4) is 0 Å². The first-order valence-corrected chi connectivity index (χ1v) is 41.6. The summed E-state index contributed by atoms with van der Waals surface area (Å²) in [4.78, 5) is 36.0. The Morgan fingerprint density at radius 3 is 0.822 bits per heavy atom. The number of hydrogen-bond donors (Lipinski definition) is 1. The monoisotopic (exact) mass is 1290 g/mol. The van der Waals surface area contributed by atoms with Crippen molar-refractivity contribution in [2.45, 2.75) is 431 Å². The van der Waals surface area contributed by atoms with Crippen molar-refractivity contribution in [2.24, 2.45) is 0 Å². The van der Waals surface area contributed by atoms with Crippen LogP contribution in [0.4, 0.5) is 0 Å². The van der Waals surface area contributed by atoms with Gasteiger partial charge in [-0.3, -0.25) is 18.6 Å². The zero-order valence-electron chi connectivity index (χ0n) is 61.2. The van der Waals surface area contributed by atoms with Crippen molar-refractivity contribution in [3.63, 3.8) is 0 Å². The first-order valence-electron chi connectivity index (χ1n) is 40.1. The number of hydrogen-bond acceptors (Lipinski definition) is 7. The number of allylic oxidation sites excluding steroid dienone is 4. The highest BCUT2D eigenvalue weighted by atomic mass is 31.2. The van der Waals surface area contributed by atoms with Crippen molar-refractivity contribution in [3.05, 3.63) is 24.3 Å². The molecule has 90 heavy (non-hydrogen) atoms. The molecule has 1 N–H and O–H groups in total. The molecule has 534 valence electrons. The molecular weight excluding hydrogens is 1130 g/mol. The van der Waals surface area contributed by atoms with Crippen LogP contribution in [0, 0.1) is 0 Å². The van der Waals surface area contributed by atoms with Gasteiger partial charge in [0, 0.05) is 12.8 Å². The molecule has 0 aliphatic rings. The number of carbonyl (C=O) groups excluding carboxylic acids is 2. The van der Waals surface area contributed by atoms with Crippen LogP contribution in [-0.2, 0) is 32.7 Å². The van der Waals surface area contributed by atoms with Gasteiger partial charge in [0.15, 0.2) is 6.10 Å². The summed E-state index contributed by atoms with van der Waals surface area (Å²) in [6, 6.07) is 0. The van der Waals surface area contributed by atoms with Gasteiger partial charge in [-0.25, -0.2) is 4.57 Å². The van der Waals surface area contributed by atoms with Crippen LogP contribution in [0.15, 0.2) is 24.3 Å². The fourth-order valence-corrected chi connectivity index (χ4v) is 13.0. The van der Waals surface area contributed by atoms with Crippen LogP contribution in [0.2, 0.25) is 0 Å². The predicted octanol–water partition coefficient (Wildman–Crippen LogP) is 26.4. The second-order valence-corrected chi connectivity index (χ2v) is 30.3. The zero-order valence-corrected chi connectivity index (χ0v) is 62.1. The molecule has 0 spiro atoms. The molecule has 0 saturated carbocycles. The van der Waals surface area contributed by atoms with E-state index in [1.807, 2.05) is 21.1 Å². The van der Waals surface area contributed by atoms with Gasteiger partial charge in [-0.2, -0.15) is 0 Å². The molecule has 2 unspecified atom stereocenters. The number of rotatable bonds is 76. The molecule has 10 heteroatoms. The normalized spacial score (nSPS) is 13.1. The smallest absolute Gasteiger partial charge is 0.462 e. The van der Waals surface area contributed by atoms with Gasteiger partial charge in [0.1, 0.15) is 19.8 Å². The minimum atomic E-state index is -4.39. The Morgan fingerprint density at radius 2 is 0.567 bits per heavy atom. The van der Waals surface area contributed by atoms with Crippen LogP contribution < -0.4 is 0 Å². The highest BCUT2D eigenvalue weighted by Crippen LogP contribution is 2.43. The van der Waals surface area contributed by atoms with Crippen molar-refractivity contribution in [1.29, 1.82) is 0 Å². The SMILES string of the molecule is CCCCCCCCCC/C=C\CCCCCCCCCCCCCCCCCCCCCCCCCCCC(=O)OC(COC(=O)CCCCCCCCCCCCCCCCCCC/C=C\CCCCCCCCCC)COP(=O)(O)OCC[N+](C)(C)C. The van der Waals surface area contributed by atoms with Crippen molar-refractivity contribution < 1.29 is 42.1 Å². The van der Waals surface area contributed by atoms with Crippen LogP contribution in [0.1, 0.15) is 425 Å². The second-order valence-electron chi connectivity index (χ2n) is 28.8. The summed E-state index contributed by atoms with van der Waals surface area (Å²) in [6.45, 7) is 4.52. The maximum atomic E-state index is 12.9. The predicted molar refractivity (Wildman–Crippen MR) is 391 cm³/mol. The maximum absolute atomic E-state index is 12.9. The van der Waals surface area contributed by atoms with Crippen LogP contribution in [0.3, 0.4) is 0 Å². The van der Waals surface area contributed by atoms with E-state index in [-0.39, 0.29) is 25.6 Å². The van der Waals surface area contributed by atoms with Gasteiger partial charge in [0.25, 0.3) is 0 Å². The average molecular weight is 1290 g/mol. The molecule has 0 aromatic rings. The number of likely N-dealkylation sites (N-methyl/N-ethyl adjacent to an activating group) is 1. The summed E-state index contributed by atoms with van der Waals surface area (Å²) in [5.41, 5.74) is 0. The topological polar surface area (TPSA) is 108 Å². The lowest BCUT2D eigenvalue weighted by Gasteiger charge is -2.24. The lowest BCUT2D eigenvalue weighted by molar-refractivity contribution is -0.870. The molecule has 0 saturated heterocycles. The van der Waals surface area contributed by atoms with E-state index in [0.717, 1.165) is 38.5 Å². The highest BCUT2D eigenvalue weighted by Gasteiger charge is 2.27. The summed E-state index contributed by atoms with van der Waals surface area (Å²) in [7, 11) is 1.50. The van der Waals surface area contributed by atoms with E-state index in [0.29, 0.717) is 17.4 Å². The van der Waals surface area contributed by atoms with Crippen molar-refractivity contribution in [1.82, 2.24) is 0 Å². The number of quaternary nitrogens is 1. The number of esters is 2. The quantitative estimate of drug-likeness (QED) is 0.0211.